The molecular formula is C8H18N2O2. The van der Waals surface area contributed by atoms with E-state index in [9.17, 15) is 4.79 Å². The molecule has 0 bridgehead atoms. The molecule has 5 N–H and O–H groups in total. The van der Waals surface area contributed by atoms with Crippen LogP contribution in [0.4, 0.5) is 0 Å². The predicted octanol–water partition coefficient (Wildman–Crippen LogP) is 0.163. The van der Waals surface area contributed by atoms with Gasteiger partial charge in [0.25, 0.3) is 0 Å². The van der Waals surface area contributed by atoms with E-state index in [1.165, 1.54) is 0 Å². The van der Waals surface area contributed by atoms with Gasteiger partial charge in [-0.25, -0.2) is 0 Å². The summed E-state index contributed by atoms with van der Waals surface area (Å²) in [5, 5.41) is 8.48. The van der Waals surface area contributed by atoms with Gasteiger partial charge in [-0.2, -0.15) is 0 Å². The molecule has 12 heavy (non-hydrogen) atoms. The van der Waals surface area contributed by atoms with E-state index in [1.807, 2.05) is 6.92 Å². The van der Waals surface area contributed by atoms with Crippen LogP contribution in [0.3, 0.4) is 0 Å². The molecule has 0 aliphatic carbocycles. The van der Waals surface area contributed by atoms with Crippen LogP contribution in [0.5, 0.6) is 0 Å². The Morgan fingerprint density at radius 2 is 2.08 bits per heavy atom. The molecule has 4 nitrogen and oxygen atoms in total. The third kappa shape index (κ3) is 4.31. The summed E-state index contributed by atoms with van der Waals surface area (Å²) in [5.41, 5.74) is 10.8. The van der Waals surface area contributed by atoms with Crippen molar-refractivity contribution >= 4 is 5.97 Å². The molecule has 0 spiro atoms. The lowest BCUT2D eigenvalue weighted by atomic mass is 9.98. The van der Waals surface area contributed by atoms with Gasteiger partial charge in [0.1, 0.15) is 6.04 Å². The minimum atomic E-state index is -0.929. The van der Waals surface area contributed by atoms with Gasteiger partial charge in [-0.1, -0.05) is 13.3 Å². The van der Waals surface area contributed by atoms with E-state index in [1.54, 1.807) is 0 Å². The Labute approximate surface area is 72.9 Å². The first-order valence-corrected chi connectivity index (χ1v) is 4.30. The highest BCUT2D eigenvalue weighted by atomic mass is 16.4. The fourth-order valence-electron chi connectivity index (χ4n) is 1.03. The summed E-state index contributed by atoms with van der Waals surface area (Å²) in [5.74, 6) is -0.516. The standard InChI is InChI=1S/C8H18N2O2/c1-2-6(5-9)3-4-7(10)8(11)12/h6-7H,2-5,9-10H2,1H3,(H,11,12). The van der Waals surface area contributed by atoms with Crippen LogP contribution in [-0.4, -0.2) is 23.7 Å². The molecule has 2 atom stereocenters. The molecule has 0 saturated carbocycles. The maximum Gasteiger partial charge on any atom is 0.320 e. The summed E-state index contributed by atoms with van der Waals surface area (Å²) < 4.78 is 0. The number of carboxylic acid groups (broad SMARTS) is 1. The molecule has 72 valence electrons. The Bertz CT molecular complexity index is 135. The summed E-state index contributed by atoms with van der Waals surface area (Å²) in [6.07, 6.45) is 2.31. The first-order valence-electron chi connectivity index (χ1n) is 4.30. The Morgan fingerprint density at radius 1 is 1.50 bits per heavy atom. The van der Waals surface area contributed by atoms with Crippen molar-refractivity contribution in [1.29, 1.82) is 0 Å². The van der Waals surface area contributed by atoms with Crippen molar-refractivity contribution in [3.8, 4) is 0 Å². The number of carbonyl (C=O) groups is 1. The Hall–Kier alpha value is -0.610. The zero-order chi connectivity index (χ0) is 9.56. The van der Waals surface area contributed by atoms with Crippen LogP contribution in [0.25, 0.3) is 0 Å². The minimum Gasteiger partial charge on any atom is -0.480 e. The summed E-state index contributed by atoms with van der Waals surface area (Å²) in [6.45, 7) is 2.66. The molecule has 0 aromatic carbocycles. The summed E-state index contributed by atoms with van der Waals surface area (Å²) >= 11 is 0. The quantitative estimate of drug-likeness (QED) is 0.535. The van der Waals surface area contributed by atoms with Crippen LogP contribution in [0, 0.1) is 5.92 Å². The second-order valence-corrected chi connectivity index (χ2v) is 3.03. The maximum absolute atomic E-state index is 10.3. The number of hydrogen-bond acceptors (Lipinski definition) is 3. The van der Waals surface area contributed by atoms with Gasteiger partial charge in [-0.05, 0) is 25.3 Å². The van der Waals surface area contributed by atoms with Crippen molar-refractivity contribution in [3.05, 3.63) is 0 Å². The molecular weight excluding hydrogens is 156 g/mol. The van der Waals surface area contributed by atoms with Gasteiger partial charge in [-0.15, -0.1) is 0 Å². The lowest BCUT2D eigenvalue weighted by Crippen LogP contribution is -2.31. The zero-order valence-corrected chi connectivity index (χ0v) is 7.49. The van der Waals surface area contributed by atoms with Crippen LogP contribution in [0.2, 0.25) is 0 Å². The van der Waals surface area contributed by atoms with E-state index in [0.717, 1.165) is 12.8 Å². The topological polar surface area (TPSA) is 89.3 Å². The summed E-state index contributed by atoms with van der Waals surface area (Å²) in [6, 6.07) is -0.731. The van der Waals surface area contributed by atoms with Gasteiger partial charge < -0.3 is 16.6 Å². The highest BCUT2D eigenvalue weighted by molar-refractivity contribution is 5.72. The molecule has 0 rings (SSSR count). The first-order chi connectivity index (χ1) is 5.61. The second kappa shape index (κ2) is 5.97. The molecule has 0 fully saturated rings. The average molecular weight is 174 g/mol. The molecule has 0 aromatic heterocycles. The molecule has 0 saturated heterocycles. The van der Waals surface area contributed by atoms with E-state index in [-0.39, 0.29) is 0 Å². The minimum absolute atomic E-state index is 0.412. The zero-order valence-electron chi connectivity index (χ0n) is 7.49. The van der Waals surface area contributed by atoms with Crippen LogP contribution in [0.1, 0.15) is 26.2 Å². The van der Waals surface area contributed by atoms with Gasteiger partial charge in [0.05, 0.1) is 0 Å². The highest BCUT2D eigenvalue weighted by Crippen LogP contribution is 2.10. The second-order valence-electron chi connectivity index (χ2n) is 3.03. The Balaban J connectivity index is 3.58. The van der Waals surface area contributed by atoms with Gasteiger partial charge >= 0.3 is 5.97 Å². The van der Waals surface area contributed by atoms with Crippen LogP contribution < -0.4 is 11.5 Å². The fraction of sp³-hybridized carbons (Fsp3) is 0.875. The van der Waals surface area contributed by atoms with Gasteiger partial charge in [0.15, 0.2) is 0 Å². The number of carboxylic acids is 1. The molecule has 0 radical (unpaired) electrons. The van der Waals surface area contributed by atoms with Gasteiger partial charge in [0.2, 0.25) is 0 Å². The van der Waals surface area contributed by atoms with Crippen molar-refractivity contribution in [1.82, 2.24) is 0 Å². The lowest BCUT2D eigenvalue weighted by Gasteiger charge is -2.13. The maximum atomic E-state index is 10.3. The Morgan fingerprint density at radius 3 is 2.42 bits per heavy atom. The average Bonchev–Trinajstić information content (AvgIpc) is 2.05. The first kappa shape index (κ1) is 11.4. The largest absolute Gasteiger partial charge is 0.480 e. The van der Waals surface area contributed by atoms with E-state index in [0.29, 0.717) is 18.9 Å². The van der Waals surface area contributed by atoms with Gasteiger partial charge in [0, 0.05) is 0 Å². The fourth-order valence-corrected chi connectivity index (χ4v) is 1.03. The molecule has 0 amide bonds. The van der Waals surface area contributed by atoms with Crippen LogP contribution in [0.15, 0.2) is 0 Å². The molecule has 2 unspecified atom stereocenters. The lowest BCUT2D eigenvalue weighted by molar-refractivity contribution is -0.138. The van der Waals surface area contributed by atoms with Crippen LogP contribution >= 0.6 is 0 Å². The predicted molar refractivity (Wildman–Crippen MR) is 47.7 cm³/mol. The van der Waals surface area contributed by atoms with E-state index in [4.69, 9.17) is 16.6 Å². The molecule has 4 heteroatoms. The molecule has 0 heterocycles. The Kier molecular flexibility index (Phi) is 5.66. The normalized spacial score (nSPS) is 15.6. The third-order valence-corrected chi connectivity index (χ3v) is 2.11. The van der Waals surface area contributed by atoms with Crippen molar-refractivity contribution in [3.63, 3.8) is 0 Å². The molecule has 0 aliphatic heterocycles. The van der Waals surface area contributed by atoms with Crippen molar-refractivity contribution in [2.24, 2.45) is 17.4 Å². The van der Waals surface area contributed by atoms with E-state index in [2.05, 4.69) is 0 Å². The molecule has 0 aromatic rings. The SMILES string of the molecule is CCC(CN)CCC(N)C(=O)O. The molecule has 0 aliphatic rings. The smallest absolute Gasteiger partial charge is 0.320 e. The summed E-state index contributed by atoms with van der Waals surface area (Å²) in [4.78, 5) is 10.3. The number of aliphatic carboxylic acids is 1. The van der Waals surface area contributed by atoms with Crippen molar-refractivity contribution in [2.45, 2.75) is 32.2 Å². The highest BCUT2D eigenvalue weighted by Gasteiger charge is 2.13. The monoisotopic (exact) mass is 174 g/mol. The van der Waals surface area contributed by atoms with Crippen molar-refractivity contribution < 1.29 is 9.90 Å². The van der Waals surface area contributed by atoms with Crippen LogP contribution in [-0.2, 0) is 4.79 Å². The van der Waals surface area contributed by atoms with Gasteiger partial charge in [-0.3, -0.25) is 4.79 Å². The summed E-state index contributed by atoms with van der Waals surface area (Å²) in [7, 11) is 0. The van der Waals surface area contributed by atoms with Crippen molar-refractivity contribution in [2.75, 3.05) is 6.54 Å². The van der Waals surface area contributed by atoms with E-state index < -0.39 is 12.0 Å². The third-order valence-electron chi connectivity index (χ3n) is 2.11. The van der Waals surface area contributed by atoms with E-state index >= 15 is 0 Å². The number of nitrogens with two attached hydrogens (primary N) is 2. The number of rotatable bonds is 6. The number of hydrogen-bond donors (Lipinski definition) is 3.